The number of methoxy groups -OCH3 is 2. The average Bonchev–Trinajstić information content (AvgIpc) is 2.64. The summed E-state index contributed by atoms with van der Waals surface area (Å²) in [6, 6.07) is 6.28. The Balaban J connectivity index is 3.47. The van der Waals surface area contributed by atoms with Gasteiger partial charge in [0.25, 0.3) is 0 Å². The van der Waals surface area contributed by atoms with Gasteiger partial charge in [-0.3, -0.25) is 14.4 Å². The predicted octanol–water partition coefficient (Wildman–Crippen LogP) is 2.34. The number of hydrogen-bond donors (Lipinski definition) is 1. The quantitative estimate of drug-likeness (QED) is 0.426. The van der Waals surface area contributed by atoms with Crippen LogP contribution in [0.15, 0.2) is 24.3 Å². The Labute approximate surface area is 163 Å². The van der Waals surface area contributed by atoms with E-state index >= 15 is 0 Å². The molecule has 1 aromatic carbocycles. The normalized spacial score (nSPS) is 12.9. The van der Waals surface area contributed by atoms with Gasteiger partial charge in [0.15, 0.2) is 5.41 Å². The summed E-state index contributed by atoms with van der Waals surface area (Å²) in [7, 11) is 2.19. The van der Waals surface area contributed by atoms with Gasteiger partial charge < -0.3 is 19.3 Å². The summed E-state index contributed by atoms with van der Waals surface area (Å²) in [5, 5.41) is 10.5. The molecule has 0 fully saturated rings. The largest absolute Gasteiger partial charge is 0.468 e. The predicted molar refractivity (Wildman–Crippen MR) is 98.2 cm³/mol. The zero-order valence-electron chi connectivity index (χ0n) is 16.1. The SMILES string of the molecule is COC(=O)C(CO)(C(=O)OC)C(COC(=O)C(C)(C)C)c1ccc(Cl)cc1. The number of carbonyl (C=O) groups excluding carboxylic acids is 3. The number of carbonyl (C=O) groups is 3. The lowest BCUT2D eigenvalue weighted by Gasteiger charge is -2.34. The van der Waals surface area contributed by atoms with Gasteiger partial charge in [0.05, 0.1) is 32.8 Å². The molecule has 1 N–H and O–H groups in total. The van der Waals surface area contributed by atoms with Crippen molar-refractivity contribution in [2.45, 2.75) is 26.7 Å². The average molecular weight is 401 g/mol. The molecule has 7 nitrogen and oxygen atoms in total. The lowest BCUT2D eigenvalue weighted by Crippen LogP contribution is -2.50. The minimum Gasteiger partial charge on any atom is -0.468 e. The second kappa shape index (κ2) is 9.19. The monoisotopic (exact) mass is 400 g/mol. The summed E-state index contributed by atoms with van der Waals surface area (Å²) >= 11 is 5.91. The summed E-state index contributed by atoms with van der Waals surface area (Å²) in [5.41, 5.74) is -2.44. The van der Waals surface area contributed by atoms with Crippen LogP contribution in [-0.2, 0) is 28.6 Å². The molecule has 0 heterocycles. The van der Waals surface area contributed by atoms with Crippen LogP contribution in [-0.4, -0.2) is 50.4 Å². The Morgan fingerprint density at radius 2 is 1.48 bits per heavy atom. The first-order valence-electron chi connectivity index (χ1n) is 8.25. The molecule has 1 rings (SSSR count). The van der Waals surface area contributed by atoms with Gasteiger partial charge in [-0.15, -0.1) is 0 Å². The number of esters is 3. The third-order valence-electron chi connectivity index (χ3n) is 4.21. The molecule has 0 spiro atoms. The van der Waals surface area contributed by atoms with E-state index < -0.39 is 41.3 Å². The molecule has 1 unspecified atom stereocenters. The summed E-state index contributed by atoms with van der Waals surface area (Å²) in [6.45, 7) is 3.78. The van der Waals surface area contributed by atoms with Crippen molar-refractivity contribution in [2.75, 3.05) is 27.4 Å². The summed E-state index contributed by atoms with van der Waals surface area (Å²) in [4.78, 5) is 37.3. The van der Waals surface area contributed by atoms with Crippen LogP contribution in [0, 0.1) is 10.8 Å². The fourth-order valence-electron chi connectivity index (χ4n) is 2.57. The van der Waals surface area contributed by atoms with Crippen molar-refractivity contribution >= 4 is 29.5 Å². The van der Waals surface area contributed by atoms with E-state index in [1.165, 1.54) is 0 Å². The fourth-order valence-corrected chi connectivity index (χ4v) is 2.69. The topological polar surface area (TPSA) is 99.1 Å². The van der Waals surface area contributed by atoms with Gasteiger partial charge in [-0.25, -0.2) is 0 Å². The second-order valence-corrected chi connectivity index (χ2v) is 7.50. The molecule has 0 saturated heterocycles. The van der Waals surface area contributed by atoms with Gasteiger partial charge >= 0.3 is 17.9 Å². The van der Waals surface area contributed by atoms with Crippen LogP contribution >= 0.6 is 11.6 Å². The minimum atomic E-state index is -2.10. The summed E-state index contributed by atoms with van der Waals surface area (Å²) in [5.74, 6) is -3.57. The second-order valence-electron chi connectivity index (χ2n) is 7.07. The molecule has 0 aliphatic heterocycles. The van der Waals surface area contributed by atoms with Crippen molar-refractivity contribution in [2.24, 2.45) is 10.8 Å². The van der Waals surface area contributed by atoms with Crippen LogP contribution in [0.4, 0.5) is 0 Å². The van der Waals surface area contributed by atoms with Crippen LogP contribution in [0.5, 0.6) is 0 Å². The van der Waals surface area contributed by atoms with E-state index in [1.807, 2.05) is 0 Å². The third kappa shape index (κ3) is 4.99. The Kier molecular flexibility index (Phi) is 7.80. The fraction of sp³-hybridized carbons (Fsp3) is 0.526. The Hall–Kier alpha value is -2.12. The molecular weight excluding hydrogens is 376 g/mol. The summed E-state index contributed by atoms with van der Waals surface area (Å²) in [6.07, 6.45) is 0. The maximum absolute atomic E-state index is 12.5. The first-order chi connectivity index (χ1) is 12.5. The molecule has 8 heteroatoms. The van der Waals surface area contributed by atoms with E-state index in [9.17, 15) is 19.5 Å². The maximum Gasteiger partial charge on any atom is 0.326 e. The standard InChI is InChI=1S/C19H25ClO7/c1-18(2,3)15(22)27-10-14(12-6-8-13(20)9-7-12)19(11-21,16(23)25-4)17(24)26-5/h6-9,14,21H,10-11H2,1-5H3. The van der Waals surface area contributed by atoms with Crippen LogP contribution in [0.1, 0.15) is 32.3 Å². The third-order valence-corrected chi connectivity index (χ3v) is 4.46. The molecule has 0 aliphatic carbocycles. The first kappa shape index (κ1) is 22.9. The summed E-state index contributed by atoms with van der Waals surface area (Å²) < 4.78 is 14.9. The highest BCUT2D eigenvalue weighted by Crippen LogP contribution is 2.39. The Morgan fingerprint density at radius 1 is 1.00 bits per heavy atom. The highest BCUT2D eigenvalue weighted by molar-refractivity contribution is 6.30. The molecule has 27 heavy (non-hydrogen) atoms. The van der Waals surface area contributed by atoms with Gasteiger partial charge in [-0.2, -0.15) is 0 Å². The lowest BCUT2D eigenvalue weighted by molar-refractivity contribution is -0.178. The van der Waals surface area contributed by atoms with Crippen molar-refractivity contribution in [3.63, 3.8) is 0 Å². The minimum absolute atomic E-state index is 0.345. The van der Waals surface area contributed by atoms with Crippen molar-refractivity contribution < 1.29 is 33.7 Å². The van der Waals surface area contributed by atoms with Gasteiger partial charge in [-0.1, -0.05) is 23.7 Å². The van der Waals surface area contributed by atoms with Crippen LogP contribution in [0.25, 0.3) is 0 Å². The van der Waals surface area contributed by atoms with Crippen LogP contribution < -0.4 is 0 Å². The lowest BCUT2D eigenvalue weighted by atomic mass is 9.72. The van der Waals surface area contributed by atoms with Gasteiger partial charge in [-0.05, 0) is 38.5 Å². The Bertz CT molecular complexity index is 660. The molecule has 150 valence electrons. The molecule has 0 amide bonds. The number of rotatable bonds is 7. The van der Waals surface area contributed by atoms with Gasteiger partial charge in [0.2, 0.25) is 0 Å². The van der Waals surface area contributed by atoms with Gasteiger partial charge in [0, 0.05) is 10.9 Å². The number of ether oxygens (including phenoxy) is 3. The number of aliphatic hydroxyl groups is 1. The Morgan fingerprint density at radius 3 is 1.85 bits per heavy atom. The van der Waals surface area contributed by atoms with E-state index in [0.717, 1.165) is 14.2 Å². The zero-order chi connectivity index (χ0) is 20.8. The van der Waals surface area contributed by atoms with Crippen LogP contribution in [0.2, 0.25) is 5.02 Å². The number of hydrogen-bond acceptors (Lipinski definition) is 7. The van der Waals surface area contributed by atoms with E-state index in [4.69, 9.17) is 25.8 Å². The first-order valence-corrected chi connectivity index (χ1v) is 8.62. The smallest absolute Gasteiger partial charge is 0.326 e. The molecule has 0 aliphatic rings. The van der Waals surface area contributed by atoms with Crippen molar-refractivity contribution in [1.82, 2.24) is 0 Å². The number of benzene rings is 1. The molecule has 1 aromatic rings. The molecule has 0 aromatic heterocycles. The van der Waals surface area contributed by atoms with Gasteiger partial charge in [0.1, 0.15) is 0 Å². The number of halogens is 1. The molecular formula is C19H25ClO7. The highest BCUT2D eigenvalue weighted by Gasteiger charge is 2.55. The number of aliphatic hydroxyl groups excluding tert-OH is 1. The van der Waals surface area contributed by atoms with E-state index in [0.29, 0.717) is 10.6 Å². The van der Waals surface area contributed by atoms with Crippen molar-refractivity contribution in [3.8, 4) is 0 Å². The molecule has 1 atom stereocenters. The molecule has 0 radical (unpaired) electrons. The molecule has 0 saturated carbocycles. The van der Waals surface area contributed by atoms with Crippen molar-refractivity contribution in [3.05, 3.63) is 34.9 Å². The van der Waals surface area contributed by atoms with E-state index in [-0.39, 0.29) is 6.61 Å². The van der Waals surface area contributed by atoms with E-state index in [2.05, 4.69) is 0 Å². The van der Waals surface area contributed by atoms with Crippen molar-refractivity contribution in [1.29, 1.82) is 0 Å². The zero-order valence-corrected chi connectivity index (χ0v) is 16.8. The van der Waals surface area contributed by atoms with Crippen LogP contribution in [0.3, 0.4) is 0 Å². The highest BCUT2D eigenvalue weighted by atomic mass is 35.5. The molecule has 0 bridgehead atoms. The van der Waals surface area contributed by atoms with E-state index in [1.54, 1.807) is 45.0 Å². The maximum atomic E-state index is 12.5.